The molecular formula is C17H22N2O3. The fraction of sp³-hybridized carbons (Fsp3) is 0.588. The average Bonchev–Trinajstić information content (AvgIpc) is 2.55. The molecule has 1 N–H and O–H groups in total. The van der Waals surface area contributed by atoms with Crippen molar-refractivity contribution in [3.8, 4) is 11.5 Å². The Labute approximate surface area is 130 Å². The fourth-order valence-electron chi connectivity index (χ4n) is 3.70. The molecule has 2 bridgehead atoms. The van der Waals surface area contributed by atoms with Crippen LogP contribution >= 0.6 is 0 Å². The van der Waals surface area contributed by atoms with E-state index in [-0.39, 0.29) is 18.1 Å². The highest BCUT2D eigenvalue weighted by atomic mass is 16.6. The number of carbonyl (C=O) groups is 1. The molecule has 0 radical (unpaired) electrons. The minimum atomic E-state index is -0.0108. The Morgan fingerprint density at radius 3 is 2.82 bits per heavy atom. The van der Waals surface area contributed by atoms with Crippen molar-refractivity contribution in [1.82, 2.24) is 10.2 Å². The van der Waals surface area contributed by atoms with Crippen LogP contribution in [0.1, 0.15) is 30.1 Å². The number of ether oxygens (including phenoxy) is 2. The van der Waals surface area contributed by atoms with Crippen molar-refractivity contribution in [3.05, 3.63) is 23.8 Å². The number of benzene rings is 1. The van der Waals surface area contributed by atoms with E-state index in [0.29, 0.717) is 23.8 Å². The minimum absolute atomic E-state index is 0.0108. The SMILES string of the molecule is CC1COc2ccc(C(=O)N[C@H]3CN4CCC3CC4)cc2O1. The number of piperidine rings is 3. The summed E-state index contributed by atoms with van der Waals surface area (Å²) in [4.78, 5) is 15.0. The summed E-state index contributed by atoms with van der Waals surface area (Å²) >= 11 is 0. The third kappa shape index (κ3) is 2.54. The lowest BCUT2D eigenvalue weighted by Gasteiger charge is -2.44. The molecule has 3 saturated heterocycles. The van der Waals surface area contributed by atoms with Gasteiger partial charge in [-0.1, -0.05) is 0 Å². The maximum Gasteiger partial charge on any atom is 0.251 e. The number of hydrogen-bond acceptors (Lipinski definition) is 4. The van der Waals surface area contributed by atoms with Gasteiger partial charge in [-0.05, 0) is 57.0 Å². The summed E-state index contributed by atoms with van der Waals surface area (Å²) in [6.07, 6.45) is 2.42. The van der Waals surface area contributed by atoms with Crippen molar-refractivity contribution in [3.63, 3.8) is 0 Å². The van der Waals surface area contributed by atoms with Crippen LogP contribution in [0.2, 0.25) is 0 Å². The first-order valence-corrected chi connectivity index (χ1v) is 8.16. The van der Waals surface area contributed by atoms with Crippen LogP contribution in [0.15, 0.2) is 18.2 Å². The van der Waals surface area contributed by atoms with Crippen molar-refractivity contribution in [1.29, 1.82) is 0 Å². The fourth-order valence-corrected chi connectivity index (χ4v) is 3.70. The average molecular weight is 302 g/mol. The van der Waals surface area contributed by atoms with Gasteiger partial charge < -0.3 is 19.7 Å². The molecule has 0 aliphatic carbocycles. The second kappa shape index (κ2) is 5.47. The highest BCUT2D eigenvalue weighted by Crippen LogP contribution is 2.33. The van der Waals surface area contributed by atoms with E-state index < -0.39 is 0 Å². The van der Waals surface area contributed by atoms with Crippen LogP contribution in [0, 0.1) is 5.92 Å². The third-order valence-corrected chi connectivity index (χ3v) is 4.98. The van der Waals surface area contributed by atoms with Crippen LogP contribution < -0.4 is 14.8 Å². The molecule has 5 nitrogen and oxygen atoms in total. The smallest absolute Gasteiger partial charge is 0.251 e. The van der Waals surface area contributed by atoms with E-state index in [1.165, 1.54) is 25.9 Å². The van der Waals surface area contributed by atoms with Crippen LogP contribution in [0.25, 0.3) is 0 Å². The van der Waals surface area contributed by atoms with E-state index in [0.717, 1.165) is 12.3 Å². The molecule has 1 aromatic carbocycles. The second-order valence-corrected chi connectivity index (χ2v) is 6.62. The molecule has 1 aromatic rings. The Hall–Kier alpha value is -1.75. The number of nitrogens with zero attached hydrogens (tertiary/aromatic N) is 1. The minimum Gasteiger partial charge on any atom is -0.486 e. The maximum absolute atomic E-state index is 12.5. The van der Waals surface area contributed by atoms with E-state index in [1.807, 2.05) is 19.1 Å². The Kier molecular flexibility index (Phi) is 3.45. The van der Waals surface area contributed by atoms with Gasteiger partial charge in [-0.2, -0.15) is 0 Å². The lowest BCUT2D eigenvalue weighted by Crippen LogP contribution is -2.57. The highest BCUT2D eigenvalue weighted by molar-refractivity contribution is 5.95. The van der Waals surface area contributed by atoms with E-state index in [1.54, 1.807) is 6.07 Å². The van der Waals surface area contributed by atoms with Crippen LogP contribution in [0.3, 0.4) is 0 Å². The predicted molar refractivity (Wildman–Crippen MR) is 82.4 cm³/mol. The summed E-state index contributed by atoms with van der Waals surface area (Å²) in [6.45, 7) is 5.86. The topological polar surface area (TPSA) is 50.8 Å². The molecule has 1 unspecified atom stereocenters. The van der Waals surface area contributed by atoms with Gasteiger partial charge in [0.2, 0.25) is 0 Å². The van der Waals surface area contributed by atoms with E-state index >= 15 is 0 Å². The maximum atomic E-state index is 12.5. The Balaban J connectivity index is 1.47. The number of hydrogen-bond donors (Lipinski definition) is 1. The van der Waals surface area contributed by atoms with Gasteiger partial charge in [0.05, 0.1) is 0 Å². The molecule has 3 fully saturated rings. The molecule has 0 aromatic heterocycles. The van der Waals surface area contributed by atoms with Crippen LogP contribution in [0.5, 0.6) is 11.5 Å². The van der Waals surface area contributed by atoms with Crippen molar-refractivity contribution in [2.24, 2.45) is 5.92 Å². The summed E-state index contributed by atoms with van der Waals surface area (Å²) < 4.78 is 11.3. The number of amides is 1. The first kappa shape index (κ1) is 13.9. The Morgan fingerprint density at radius 2 is 2.09 bits per heavy atom. The van der Waals surface area contributed by atoms with Crippen molar-refractivity contribution >= 4 is 5.91 Å². The van der Waals surface area contributed by atoms with Gasteiger partial charge in [0.15, 0.2) is 11.5 Å². The first-order valence-electron chi connectivity index (χ1n) is 8.16. The quantitative estimate of drug-likeness (QED) is 0.903. The summed E-state index contributed by atoms with van der Waals surface area (Å²) in [7, 11) is 0. The monoisotopic (exact) mass is 302 g/mol. The largest absolute Gasteiger partial charge is 0.486 e. The van der Waals surface area contributed by atoms with Crippen molar-refractivity contribution in [2.45, 2.75) is 31.9 Å². The normalized spacial score (nSPS) is 32.6. The van der Waals surface area contributed by atoms with E-state index in [9.17, 15) is 4.79 Å². The van der Waals surface area contributed by atoms with Gasteiger partial charge in [0, 0.05) is 18.2 Å². The lowest BCUT2D eigenvalue weighted by atomic mass is 9.84. The van der Waals surface area contributed by atoms with E-state index in [4.69, 9.17) is 9.47 Å². The van der Waals surface area contributed by atoms with Crippen molar-refractivity contribution < 1.29 is 14.3 Å². The second-order valence-electron chi connectivity index (χ2n) is 6.62. The number of rotatable bonds is 2. The molecule has 2 atom stereocenters. The standard InChI is InChI=1S/C17H22N2O3/c1-11-10-21-15-3-2-13(8-16(15)22-11)17(20)18-14-9-19-6-4-12(14)5-7-19/h2-3,8,11-12,14H,4-7,9-10H2,1H3,(H,18,20)/t11?,14-/m0/s1. The van der Waals surface area contributed by atoms with Gasteiger partial charge in [0.25, 0.3) is 5.91 Å². The molecule has 4 aliphatic heterocycles. The zero-order valence-electron chi connectivity index (χ0n) is 12.9. The number of nitrogens with one attached hydrogen (secondary N) is 1. The third-order valence-electron chi connectivity index (χ3n) is 4.98. The molecule has 0 saturated carbocycles. The van der Waals surface area contributed by atoms with E-state index in [2.05, 4.69) is 10.2 Å². The van der Waals surface area contributed by atoms with Crippen LogP contribution in [0.4, 0.5) is 0 Å². The highest BCUT2D eigenvalue weighted by Gasteiger charge is 2.35. The number of fused-ring (bicyclic) bond motifs is 4. The van der Waals surface area contributed by atoms with Gasteiger partial charge in [-0.3, -0.25) is 4.79 Å². The van der Waals surface area contributed by atoms with Crippen LogP contribution in [-0.2, 0) is 0 Å². The lowest BCUT2D eigenvalue weighted by molar-refractivity contribution is 0.0619. The molecule has 118 valence electrons. The summed E-state index contributed by atoms with van der Waals surface area (Å²) in [5.41, 5.74) is 0.646. The zero-order chi connectivity index (χ0) is 15.1. The molecule has 0 spiro atoms. The predicted octanol–water partition coefficient (Wildman–Crippen LogP) is 1.67. The van der Waals surface area contributed by atoms with Gasteiger partial charge >= 0.3 is 0 Å². The van der Waals surface area contributed by atoms with Gasteiger partial charge in [-0.15, -0.1) is 0 Å². The molecule has 4 heterocycles. The summed E-state index contributed by atoms with van der Waals surface area (Å²) in [5.74, 6) is 2.01. The van der Waals surface area contributed by atoms with Gasteiger partial charge in [0.1, 0.15) is 12.7 Å². The molecule has 5 heteroatoms. The van der Waals surface area contributed by atoms with Crippen molar-refractivity contribution in [2.75, 3.05) is 26.2 Å². The molecule has 1 amide bonds. The Morgan fingerprint density at radius 1 is 1.27 bits per heavy atom. The number of carbonyl (C=O) groups excluding carboxylic acids is 1. The Bertz CT molecular complexity index is 581. The molecule has 4 aliphatic rings. The molecular weight excluding hydrogens is 280 g/mol. The van der Waals surface area contributed by atoms with Crippen LogP contribution in [-0.4, -0.2) is 49.2 Å². The first-order chi connectivity index (χ1) is 10.7. The molecule has 22 heavy (non-hydrogen) atoms. The summed E-state index contributed by atoms with van der Waals surface area (Å²) in [6, 6.07) is 5.71. The van der Waals surface area contributed by atoms with Gasteiger partial charge in [-0.25, -0.2) is 0 Å². The summed E-state index contributed by atoms with van der Waals surface area (Å²) in [5, 5.41) is 3.21. The molecule has 5 rings (SSSR count). The zero-order valence-corrected chi connectivity index (χ0v) is 12.9.